The summed E-state index contributed by atoms with van der Waals surface area (Å²) in [7, 11) is 0. The lowest BCUT2D eigenvalue weighted by atomic mass is 9.93. The van der Waals surface area contributed by atoms with Crippen molar-refractivity contribution in [3.05, 3.63) is 57.8 Å². The van der Waals surface area contributed by atoms with Crippen LogP contribution >= 0.6 is 11.8 Å². The lowest BCUT2D eigenvalue weighted by molar-refractivity contribution is -0.139. The van der Waals surface area contributed by atoms with E-state index in [-0.39, 0.29) is 24.3 Å². The molecule has 1 unspecified atom stereocenters. The maximum Gasteiger partial charge on any atom is 0.338 e. The van der Waals surface area contributed by atoms with Crippen LogP contribution < -0.4 is 5.32 Å². The van der Waals surface area contributed by atoms with Crippen LogP contribution in [0.5, 0.6) is 0 Å². The molecule has 1 aromatic rings. The molecular weight excluding hydrogens is 398 g/mol. The zero-order chi connectivity index (χ0) is 21.8. The minimum absolute atomic E-state index is 0.0382. The van der Waals surface area contributed by atoms with Crippen LogP contribution in [0.3, 0.4) is 0 Å². The van der Waals surface area contributed by atoms with E-state index in [1.807, 2.05) is 42.4 Å². The third-order valence-corrected chi connectivity index (χ3v) is 5.79. The molecule has 0 saturated carbocycles. The lowest BCUT2D eigenvalue weighted by Gasteiger charge is -2.36. The Kier molecular flexibility index (Phi) is 7.02. The quantitative estimate of drug-likeness (QED) is 0.657. The molecule has 0 radical (unpaired) electrons. The Morgan fingerprint density at radius 1 is 1.30 bits per heavy atom. The van der Waals surface area contributed by atoms with Gasteiger partial charge in [-0.25, -0.2) is 9.79 Å². The van der Waals surface area contributed by atoms with Crippen molar-refractivity contribution in [3.8, 4) is 0 Å². The number of thioether (sulfide) groups is 1. The van der Waals surface area contributed by atoms with Gasteiger partial charge in [0, 0.05) is 12.2 Å². The molecule has 1 amide bonds. The van der Waals surface area contributed by atoms with Crippen molar-refractivity contribution in [3.63, 3.8) is 0 Å². The Balaban J connectivity index is 1.98. The van der Waals surface area contributed by atoms with Crippen molar-refractivity contribution >= 4 is 28.8 Å². The molecule has 0 fully saturated rings. The summed E-state index contributed by atoms with van der Waals surface area (Å²) in [5.74, 6) is -0.0254. The number of amidine groups is 1. The predicted molar refractivity (Wildman–Crippen MR) is 121 cm³/mol. The number of aryl methyl sites for hydroxylation is 1. The predicted octanol–water partition coefficient (Wildman–Crippen LogP) is 4.30. The second kappa shape index (κ2) is 9.51. The van der Waals surface area contributed by atoms with Crippen molar-refractivity contribution in [1.82, 2.24) is 10.2 Å². The topological polar surface area (TPSA) is 71.0 Å². The van der Waals surface area contributed by atoms with Crippen LogP contribution in [-0.4, -0.2) is 35.1 Å². The van der Waals surface area contributed by atoms with Crippen LogP contribution in [0, 0.1) is 12.8 Å². The molecule has 0 bridgehead atoms. The van der Waals surface area contributed by atoms with Gasteiger partial charge in [-0.3, -0.25) is 4.79 Å². The Labute approximate surface area is 182 Å². The van der Waals surface area contributed by atoms with E-state index in [1.54, 1.807) is 6.92 Å². The number of amides is 1. The number of hydrogen-bond donors (Lipinski definition) is 1. The van der Waals surface area contributed by atoms with E-state index >= 15 is 0 Å². The molecule has 30 heavy (non-hydrogen) atoms. The van der Waals surface area contributed by atoms with Gasteiger partial charge in [-0.2, -0.15) is 0 Å². The normalized spacial score (nSPS) is 18.2. The fraction of sp³-hybridized carbons (Fsp3) is 0.435. The van der Waals surface area contributed by atoms with Gasteiger partial charge in [0.25, 0.3) is 0 Å². The van der Waals surface area contributed by atoms with Gasteiger partial charge in [-0.05, 0) is 37.7 Å². The van der Waals surface area contributed by atoms with E-state index in [0.717, 1.165) is 22.0 Å². The summed E-state index contributed by atoms with van der Waals surface area (Å²) >= 11 is 1.48. The van der Waals surface area contributed by atoms with E-state index in [4.69, 9.17) is 4.74 Å². The molecule has 7 heteroatoms. The number of rotatable bonds is 7. The van der Waals surface area contributed by atoms with Crippen molar-refractivity contribution in [2.24, 2.45) is 10.9 Å². The molecule has 3 rings (SSSR count). The Hall–Kier alpha value is -2.54. The summed E-state index contributed by atoms with van der Waals surface area (Å²) in [6, 6.07) is 7.70. The number of nitrogens with zero attached hydrogens (tertiary/aromatic N) is 2. The second-order valence-electron chi connectivity index (χ2n) is 7.90. The third-order valence-electron chi connectivity index (χ3n) is 4.90. The zero-order valence-corrected chi connectivity index (χ0v) is 19.0. The van der Waals surface area contributed by atoms with E-state index in [0.29, 0.717) is 30.3 Å². The molecule has 0 aromatic heterocycles. The molecule has 2 aliphatic rings. The van der Waals surface area contributed by atoms with Crippen LogP contribution in [0.25, 0.3) is 0 Å². The van der Waals surface area contributed by atoms with Crippen LogP contribution in [0.15, 0.2) is 51.6 Å². The first-order chi connectivity index (χ1) is 14.3. The summed E-state index contributed by atoms with van der Waals surface area (Å²) < 4.78 is 5.37. The van der Waals surface area contributed by atoms with Gasteiger partial charge in [0.15, 0.2) is 5.17 Å². The zero-order valence-electron chi connectivity index (χ0n) is 18.2. The number of nitrogens with one attached hydrogen (secondary N) is 1. The van der Waals surface area contributed by atoms with E-state index in [2.05, 4.69) is 30.2 Å². The summed E-state index contributed by atoms with van der Waals surface area (Å²) in [6.45, 7) is 10.7. The van der Waals surface area contributed by atoms with Crippen LogP contribution in [0.1, 0.15) is 51.3 Å². The Morgan fingerprint density at radius 2 is 2.07 bits per heavy atom. The minimum atomic E-state index is -0.379. The molecule has 1 aromatic carbocycles. The van der Waals surface area contributed by atoms with E-state index < -0.39 is 0 Å². The first kappa shape index (κ1) is 22.2. The maximum absolute atomic E-state index is 12.9. The SMILES string of the molecule is CCOC(=O)C1=C(C)N=C2SC=C(CC(=O)NCC(C)C)N2C1c1cccc(C)c1. The molecule has 0 saturated heterocycles. The smallest absolute Gasteiger partial charge is 0.338 e. The van der Waals surface area contributed by atoms with Crippen molar-refractivity contribution in [2.75, 3.05) is 13.2 Å². The fourth-order valence-electron chi connectivity index (χ4n) is 3.54. The monoisotopic (exact) mass is 427 g/mol. The highest BCUT2D eigenvalue weighted by Crippen LogP contribution is 2.44. The number of fused-ring (bicyclic) bond motifs is 1. The van der Waals surface area contributed by atoms with Crippen molar-refractivity contribution in [2.45, 2.75) is 47.1 Å². The first-order valence-electron chi connectivity index (χ1n) is 10.3. The Morgan fingerprint density at radius 3 is 2.73 bits per heavy atom. The second-order valence-corrected chi connectivity index (χ2v) is 8.74. The highest BCUT2D eigenvalue weighted by Gasteiger charge is 2.41. The molecule has 1 atom stereocenters. The molecule has 2 heterocycles. The molecule has 0 aliphatic carbocycles. The van der Waals surface area contributed by atoms with Gasteiger partial charge in [-0.1, -0.05) is 55.4 Å². The highest BCUT2D eigenvalue weighted by atomic mass is 32.2. The minimum Gasteiger partial charge on any atom is -0.463 e. The third kappa shape index (κ3) is 4.78. The molecule has 2 aliphatic heterocycles. The summed E-state index contributed by atoms with van der Waals surface area (Å²) in [5.41, 5.74) is 4.07. The number of carbonyl (C=O) groups excluding carboxylic acids is 2. The number of ether oxygens (including phenoxy) is 1. The summed E-state index contributed by atoms with van der Waals surface area (Å²) in [5, 5.41) is 5.70. The number of aliphatic imine (C=N–C) groups is 1. The number of hydrogen-bond acceptors (Lipinski definition) is 6. The van der Waals surface area contributed by atoms with Crippen LogP contribution in [0.4, 0.5) is 0 Å². The molecule has 160 valence electrons. The highest BCUT2D eigenvalue weighted by molar-refractivity contribution is 8.16. The maximum atomic E-state index is 12.9. The van der Waals surface area contributed by atoms with E-state index in [1.165, 1.54) is 11.8 Å². The number of esters is 1. The van der Waals surface area contributed by atoms with Crippen LogP contribution in [0.2, 0.25) is 0 Å². The Bertz CT molecular complexity index is 933. The van der Waals surface area contributed by atoms with Crippen molar-refractivity contribution < 1.29 is 14.3 Å². The first-order valence-corrected chi connectivity index (χ1v) is 11.1. The number of carbonyl (C=O) groups is 2. The largest absolute Gasteiger partial charge is 0.463 e. The fourth-order valence-corrected chi connectivity index (χ4v) is 4.50. The molecule has 6 nitrogen and oxygen atoms in total. The summed E-state index contributed by atoms with van der Waals surface area (Å²) in [4.78, 5) is 32.1. The van der Waals surface area contributed by atoms with Gasteiger partial charge < -0.3 is 15.0 Å². The van der Waals surface area contributed by atoms with Crippen molar-refractivity contribution in [1.29, 1.82) is 0 Å². The number of benzene rings is 1. The average molecular weight is 428 g/mol. The van der Waals surface area contributed by atoms with Gasteiger partial charge in [0.1, 0.15) is 0 Å². The molecule has 1 N–H and O–H groups in total. The van der Waals surface area contributed by atoms with Crippen LogP contribution in [-0.2, 0) is 14.3 Å². The molecular formula is C23H29N3O3S. The summed E-state index contributed by atoms with van der Waals surface area (Å²) in [6.07, 6.45) is 0.232. The van der Waals surface area contributed by atoms with E-state index in [9.17, 15) is 9.59 Å². The molecule has 0 spiro atoms. The number of allylic oxidation sites excluding steroid dienone is 1. The standard InChI is InChI=1S/C23H29N3O3S/c1-6-29-22(28)20-16(5)25-23-26(21(20)17-9-7-8-15(4)10-17)18(13-30-23)11-19(27)24-12-14(2)3/h7-10,13-14,21H,6,11-12H2,1-5H3,(H,24,27). The van der Waals surface area contributed by atoms with Gasteiger partial charge in [0.2, 0.25) is 5.91 Å². The average Bonchev–Trinajstić information content (AvgIpc) is 3.07. The lowest BCUT2D eigenvalue weighted by Crippen LogP contribution is -2.38. The van der Waals surface area contributed by atoms with Gasteiger partial charge in [-0.15, -0.1) is 0 Å². The van der Waals surface area contributed by atoms with Gasteiger partial charge in [0.05, 0.1) is 30.3 Å². The van der Waals surface area contributed by atoms with Gasteiger partial charge >= 0.3 is 5.97 Å².